The van der Waals surface area contributed by atoms with Crippen molar-refractivity contribution in [3.8, 4) is 0 Å². The summed E-state index contributed by atoms with van der Waals surface area (Å²) in [5.74, 6) is -0.994. The Hall–Kier alpha value is -3.34. The largest absolute Gasteiger partial charge is 0.481 e. The van der Waals surface area contributed by atoms with Crippen LogP contribution in [0.25, 0.3) is 10.8 Å². The van der Waals surface area contributed by atoms with E-state index in [2.05, 4.69) is 5.32 Å². The molecule has 3 aromatic rings. The molecule has 0 aromatic heterocycles. The van der Waals surface area contributed by atoms with Crippen molar-refractivity contribution in [3.63, 3.8) is 0 Å². The molecule has 0 aliphatic rings. The van der Waals surface area contributed by atoms with Gasteiger partial charge < -0.3 is 15.2 Å². The highest BCUT2D eigenvalue weighted by molar-refractivity contribution is 5.83. The van der Waals surface area contributed by atoms with Crippen LogP contribution in [0, 0.1) is 0 Å². The highest BCUT2D eigenvalue weighted by Crippen LogP contribution is 2.23. The van der Waals surface area contributed by atoms with E-state index in [0.29, 0.717) is 0 Å². The molecule has 1 atom stereocenters. The molecule has 0 fully saturated rings. The van der Waals surface area contributed by atoms with Gasteiger partial charge in [0.2, 0.25) is 0 Å². The summed E-state index contributed by atoms with van der Waals surface area (Å²) in [7, 11) is 0. The van der Waals surface area contributed by atoms with Gasteiger partial charge in [0.05, 0.1) is 12.5 Å². The SMILES string of the molecule is O=C(O)C[C@H](NC(=O)OCc1ccccc1)c1ccc2ccccc2c1. The summed E-state index contributed by atoms with van der Waals surface area (Å²) in [4.78, 5) is 23.3. The van der Waals surface area contributed by atoms with Crippen LogP contribution in [0.5, 0.6) is 0 Å². The minimum atomic E-state index is -0.994. The lowest BCUT2D eigenvalue weighted by atomic mass is 10.00. The molecule has 0 saturated heterocycles. The average Bonchev–Trinajstić information content (AvgIpc) is 2.66. The van der Waals surface area contributed by atoms with Gasteiger partial charge in [-0.2, -0.15) is 0 Å². The first-order valence-corrected chi connectivity index (χ1v) is 8.29. The van der Waals surface area contributed by atoms with Crippen molar-refractivity contribution in [3.05, 3.63) is 83.9 Å². The summed E-state index contributed by atoms with van der Waals surface area (Å²) >= 11 is 0. The van der Waals surface area contributed by atoms with Gasteiger partial charge in [-0.3, -0.25) is 4.79 Å². The number of ether oxygens (including phenoxy) is 1. The number of carboxylic acid groups (broad SMARTS) is 1. The Kier molecular flexibility index (Phi) is 5.49. The van der Waals surface area contributed by atoms with E-state index < -0.39 is 18.1 Å². The number of rotatable bonds is 6. The Morgan fingerprint density at radius 3 is 2.35 bits per heavy atom. The molecular formula is C21H19NO4. The molecule has 3 aromatic carbocycles. The van der Waals surface area contributed by atoms with Crippen molar-refractivity contribution in [2.24, 2.45) is 0 Å². The van der Waals surface area contributed by atoms with Crippen LogP contribution in [0.1, 0.15) is 23.6 Å². The van der Waals surface area contributed by atoms with E-state index in [4.69, 9.17) is 4.74 Å². The molecule has 0 saturated carbocycles. The molecule has 132 valence electrons. The molecule has 5 nitrogen and oxygen atoms in total. The van der Waals surface area contributed by atoms with Crippen molar-refractivity contribution in [1.82, 2.24) is 5.32 Å². The minimum absolute atomic E-state index is 0.129. The molecule has 0 radical (unpaired) electrons. The molecular weight excluding hydrogens is 330 g/mol. The van der Waals surface area contributed by atoms with E-state index in [-0.39, 0.29) is 13.0 Å². The maximum Gasteiger partial charge on any atom is 0.407 e. The lowest BCUT2D eigenvalue weighted by molar-refractivity contribution is -0.137. The summed E-state index contributed by atoms with van der Waals surface area (Å²) in [6.45, 7) is 0.129. The third kappa shape index (κ3) is 4.60. The number of hydrogen-bond acceptors (Lipinski definition) is 3. The second-order valence-corrected chi connectivity index (χ2v) is 5.96. The Morgan fingerprint density at radius 2 is 1.62 bits per heavy atom. The summed E-state index contributed by atoms with van der Waals surface area (Å²) in [6, 6.07) is 22.1. The van der Waals surface area contributed by atoms with E-state index >= 15 is 0 Å². The Labute approximate surface area is 151 Å². The summed E-state index contributed by atoms with van der Waals surface area (Å²) in [5.41, 5.74) is 1.59. The third-order valence-electron chi connectivity index (χ3n) is 4.06. The van der Waals surface area contributed by atoms with Crippen molar-refractivity contribution in [2.45, 2.75) is 19.1 Å². The smallest absolute Gasteiger partial charge is 0.407 e. The number of hydrogen-bond donors (Lipinski definition) is 2. The third-order valence-corrected chi connectivity index (χ3v) is 4.06. The minimum Gasteiger partial charge on any atom is -0.481 e. The van der Waals surface area contributed by atoms with Crippen molar-refractivity contribution in [2.75, 3.05) is 0 Å². The fourth-order valence-electron chi connectivity index (χ4n) is 2.76. The lowest BCUT2D eigenvalue weighted by Gasteiger charge is -2.18. The van der Waals surface area contributed by atoms with Crippen molar-refractivity contribution in [1.29, 1.82) is 0 Å². The second-order valence-electron chi connectivity index (χ2n) is 5.96. The van der Waals surface area contributed by atoms with Crippen LogP contribution in [0.2, 0.25) is 0 Å². The van der Waals surface area contributed by atoms with Gasteiger partial charge in [0, 0.05) is 0 Å². The van der Waals surface area contributed by atoms with Gasteiger partial charge in [-0.05, 0) is 28.0 Å². The zero-order valence-electron chi connectivity index (χ0n) is 14.1. The first kappa shape index (κ1) is 17.5. The molecule has 0 spiro atoms. The lowest BCUT2D eigenvalue weighted by Crippen LogP contribution is -2.30. The molecule has 26 heavy (non-hydrogen) atoms. The number of nitrogens with one attached hydrogen (secondary N) is 1. The number of amides is 1. The van der Waals surface area contributed by atoms with Gasteiger partial charge in [0.25, 0.3) is 0 Å². The Morgan fingerprint density at radius 1 is 0.923 bits per heavy atom. The van der Waals surface area contributed by atoms with E-state index in [1.54, 1.807) is 0 Å². The molecule has 0 bridgehead atoms. The Balaban J connectivity index is 1.72. The maximum absolute atomic E-state index is 12.1. The van der Waals surface area contributed by atoms with Gasteiger partial charge >= 0.3 is 12.1 Å². The molecule has 2 N–H and O–H groups in total. The van der Waals surface area contributed by atoms with Gasteiger partial charge in [-0.1, -0.05) is 66.7 Å². The van der Waals surface area contributed by atoms with E-state index in [0.717, 1.165) is 21.9 Å². The second kappa shape index (κ2) is 8.16. The van der Waals surface area contributed by atoms with Crippen molar-refractivity contribution < 1.29 is 19.4 Å². The first-order chi connectivity index (χ1) is 12.6. The zero-order valence-corrected chi connectivity index (χ0v) is 14.1. The van der Waals surface area contributed by atoms with Gasteiger partial charge in [-0.25, -0.2) is 4.79 Å². The monoisotopic (exact) mass is 349 g/mol. The highest BCUT2D eigenvalue weighted by atomic mass is 16.5. The molecule has 0 heterocycles. The van der Waals surface area contributed by atoms with Crippen LogP contribution < -0.4 is 5.32 Å². The highest BCUT2D eigenvalue weighted by Gasteiger charge is 2.19. The fraction of sp³-hybridized carbons (Fsp3) is 0.143. The molecule has 0 aliphatic carbocycles. The van der Waals surface area contributed by atoms with Gasteiger partial charge in [0.15, 0.2) is 0 Å². The number of benzene rings is 3. The number of fused-ring (bicyclic) bond motifs is 1. The van der Waals surface area contributed by atoms with Crippen molar-refractivity contribution >= 4 is 22.8 Å². The Bertz CT molecular complexity index is 908. The van der Waals surface area contributed by atoms with Crippen LogP contribution in [-0.4, -0.2) is 17.2 Å². The van der Waals surface area contributed by atoms with Gasteiger partial charge in [-0.15, -0.1) is 0 Å². The first-order valence-electron chi connectivity index (χ1n) is 8.29. The number of aliphatic carboxylic acids is 1. The average molecular weight is 349 g/mol. The van der Waals surface area contributed by atoms with E-state index in [1.807, 2.05) is 72.8 Å². The van der Waals surface area contributed by atoms with E-state index in [1.165, 1.54) is 0 Å². The molecule has 3 rings (SSSR count). The van der Waals surface area contributed by atoms with Crippen LogP contribution >= 0.6 is 0 Å². The zero-order chi connectivity index (χ0) is 18.4. The van der Waals surface area contributed by atoms with Crippen LogP contribution in [0.15, 0.2) is 72.8 Å². The summed E-state index contributed by atoms with van der Waals surface area (Å²) in [5, 5.41) is 13.9. The van der Waals surface area contributed by atoms with E-state index in [9.17, 15) is 14.7 Å². The topological polar surface area (TPSA) is 75.6 Å². The quantitative estimate of drug-likeness (QED) is 0.696. The van der Waals surface area contributed by atoms with Crippen LogP contribution in [-0.2, 0) is 16.1 Å². The standard InChI is InChI=1S/C21H19NO4/c23-20(24)13-19(18-11-10-16-8-4-5-9-17(16)12-18)22-21(25)26-14-15-6-2-1-3-7-15/h1-12,19H,13-14H2,(H,22,25)(H,23,24)/t19-/m0/s1. The molecule has 5 heteroatoms. The van der Waals surface area contributed by atoms with Crippen LogP contribution in [0.3, 0.4) is 0 Å². The van der Waals surface area contributed by atoms with Crippen LogP contribution in [0.4, 0.5) is 4.79 Å². The molecule has 1 amide bonds. The number of carbonyl (C=O) groups excluding carboxylic acids is 1. The number of carbonyl (C=O) groups is 2. The molecule has 0 unspecified atom stereocenters. The number of alkyl carbamates (subject to hydrolysis) is 1. The normalized spacial score (nSPS) is 11.7. The maximum atomic E-state index is 12.1. The summed E-state index contributed by atoms with van der Waals surface area (Å²) < 4.78 is 5.21. The molecule has 0 aliphatic heterocycles. The number of carboxylic acids is 1. The predicted molar refractivity (Wildman–Crippen MR) is 98.7 cm³/mol. The summed E-state index contributed by atoms with van der Waals surface area (Å²) in [6.07, 6.45) is -0.869. The predicted octanol–water partition coefficient (Wildman–Crippen LogP) is 4.28. The fourth-order valence-corrected chi connectivity index (χ4v) is 2.76. The van der Waals surface area contributed by atoms with Gasteiger partial charge in [0.1, 0.15) is 6.61 Å².